The predicted octanol–water partition coefficient (Wildman–Crippen LogP) is 31.7. The van der Waals surface area contributed by atoms with Gasteiger partial charge in [0.05, 0.1) is 21.9 Å². The molecule has 0 saturated heterocycles. The number of hydrogen-bond donors (Lipinski definition) is 0. The van der Waals surface area contributed by atoms with Crippen molar-refractivity contribution in [1.29, 1.82) is 0 Å². The number of hydrogen-bond acceptors (Lipinski definition) is 6. The number of benzene rings is 21. The summed E-state index contributed by atoms with van der Waals surface area (Å²) in [6, 6.07) is 181. The van der Waals surface area contributed by atoms with Crippen LogP contribution in [0.2, 0.25) is 0 Å². The maximum atomic E-state index is 5.28. The largest absolute Gasteiger partial charge is 0.309 e. The summed E-state index contributed by atoms with van der Waals surface area (Å²) in [7, 11) is 0. The molecule has 0 amide bonds. The highest BCUT2D eigenvalue weighted by Gasteiger charge is 2.50. The zero-order valence-electron chi connectivity index (χ0n) is 73.6. The Morgan fingerprint density at radius 3 is 1.02 bits per heavy atom. The summed E-state index contributed by atoms with van der Waals surface area (Å²) in [5.74, 6) is 3.79. The van der Waals surface area contributed by atoms with Crippen molar-refractivity contribution in [2.24, 2.45) is 0 Å². The van der Waals surface area contributed by atoms with Crippen LogP contribution in [-0.4, -0.2) is 34.5 Å². The highest BCUT2D eigenvalue weighted by Crippen LogP contribution is 2.63. The summed E-state index contributed by atoms with van der Waals surface area (Å²) in [6.45, 7) is 0. The fourth-order valence-electron chi connectivity index (χ4n) is 21.4. The van der Waals surface area contributed by atoms with Crippen molar-refractivity contribution in [1.82, 2.24) is 34.5 Å². The molecule has 26 rings (SSSR count). The minimum absolute atomic E-state index is 0.624. The van der Waals surface area contributed by atoms with Gasteiger partial charge in [-0.1, -0.05) is 449 Å². The third-order valence-electron chi connectivity index (χ3n) is 27.5. The van der Waals surface area contributed by atoms with Gasteiger partial charge in [-0.25, -0.2) is 29.9 Å². The molecule has 7 heteroatoms. The molecule has 21 aromatic carbocycles. The normalized spacial score (nSPS) is 12.6. The predicted molar refractivity (Wildman–Crippen MR) is 555 cm³/mol. The minimum atomic E-state index is -0.689. The Bertz CT molecular complexity index is 8600. The Balaban J connectivity index is 0.000000144. The van der Waals surface area contributed by atoms with E-state index >= 15 is 0 Å². The van der Waals surface area contributed by atoms with Crippen molar-refractivity contribution in [2.75, 3.05) is 0 Å². The molecule has 135 heavy (non-hydrogen) atoms. The molecule has 0 fully saturated rings. The highest BCUT2D eigenvalue weighted by atomic mass is 15.0. The first-order chi connectivity index (χ1) is 66.9. The number of para-hydroxylation sites is 2. The SMILES string of the molecule is c1ccc(-c2ccc(-c3nc(-c4ccccc4)nc(-c4ccc5ccc6c(c5c4)C(c4ccccc4)(c4ccccc4)c4c(-c5ccccc5-c5ccccc5)cccc4-6)n3)cc2)cc1.c1ccc(-c2nc(-c3ccc4ccccc4c3)nc(-c3ccc4ccc5c(c4c3)C(c3ccccc3)(c3ccccc3)c3ccc(-c4ccc6c(c4)c4ccccc4n6-c4ccccc4)cc3-5)n2)cc1. The maximum absolute atomic E-state index is 5.28. The van der Waals surface area contributed by atoms with Gasteiger partial charge in [0.15, 0.2) is 34.9 Å². The molecule has 0 spiro atoms. The van der Waals surface area contributed by atoms with Gasteiger partial charge < -0.3 is 4.57 Å². The molecule has 2 aliphatic rings. The summed E-state index contributed by atoms with van der Waals surface area (Å²) >= 11 is 0. The van der Waals surface area contributed by atoms with Crippen LogP contribution in [0.5, 0.6) is 0 Å². The first-order valence-electron chi connectivity index (χ1n) is 46.1. The van der Waals surface area contributed by atoms with E-state index in [9.17, 15) is 0 Å². The van der Waals surface area contributed by atoms with Gasteiger partial charge in [0.1, 0.15) is 0 Å². The van der Waals surface area contributed by atoms with E-state index in [4.69, 9.17) is 29.9 Å². The summed E-state index contributed by atoms with van der Waals surface area (Å²) < 4.78 is 2.38. The highest BCUT2D eigenvalue weighted by molar-refractivity contribution is 6.12. The molecule has 2 aliphatic carbocycles. The third-order valence-corrected chi connectivity index (χ3v) is 27.5. The van der Waals surface area contributed by atoms with Crippen molar-refractivity contribution in [3.63, 3.8) is 0 Å². The van der Waals surface area contributed by atoms with Crippen molar-refractivity contribution in [2.45, 2.75) is 10.8 Å². The van der Waals surface area contributed by atoms with Crippen LogP contribution in [0.15, 0.2) is 504 Å². The standard InChI is InChI=1S/C66H42N4.C62H41N3/c1-5-18-45(19-6-1)63-67-64(49-31-29-43-17-13-14-20-46(43)39-49)69-65(68-63)50-32-30-44-33-36-55-57-40-47(48-35-38-61-58(41-48)54-27-15-16-28-60(54)70(61)53-25-11-4-12-26-53)34-37-59(57)66(62(55)56(44)42-50,51-21-7-2-8-22-51)52-23-9-3-10-24-52;1-6-19-42(20-7-1)43-33-36-47(37-34-43)60-63-59(46-23-10-3-11-24-46)64-61(65-60)48-38-35-45-39-40-55-54-32-18-31-53(52-30-17-16-29-51(52)44-21-8-2-9-22-44)57(54)62(58(55)56(45)41-48,49-25-12-4-13-26-49)50-27-14-5-15-28-50/h1-42H;1-41H. The zero-order chi connectivity index (χ0) is 89.3. The summed E-state index contributed by atoms with van der Waals surface area (Å²) in [5.41, 5.74) is 32.1. The lowest BCUT2D eigenvalue weighted by Crippen LogP contribution is -2.29. The van der Waals surface area contributed by atoms with E-state index in [0.29, 0.717) is 34.9 Å². The monoisotopic (exact) mass is 1720 g/mol. The van der Waals surface area contributed by atoms with Gasteiger partial charge in [-0.05, 0) is 198 Å². The van der Waals surface area contributed by atoms with Crippen molar-refractivity contribution in [3.05, 3.63) is 548 Å². The van der Waals surface area contributed by atoms with E-state index in [0.717, 1.165) is 71.6 Å². The second kappa shape index (κ2) is 33.3. The Kier molecular flexibility index (Phi) is 19.6. The fraction of sp³-hybridized carbons (Fsp3) is 0.0156. The summed E-state index contributed by atoms with van der Waals surface area (Å²) in [5, 5.41) is 9.40. The quantitative estimate of drug-likeness (QED) is 0.102. The van der Waals surface area contributed by atoms with Crippen LogP contribution in [0, 0.1) is 0 Å². The smallest absolute Gasteiger partial charge is 0.164 e. The van der Waals surface area contributed by atoms with E-state index in [2.05, 4.69) is 466 Å². The summed E-state index contributed by atoms with van der Waals surface area (Å²) in [6.07, 6.45) is 0. The van der Waals surface area contributed by atoms with Crippen LogP contribution >= 0.6 is 0 Å². The van der Waals surface area contributed by atoms with E-state index in [-0.39, 0.29) is 0 Å². The zero-order valence-corrected chi connectivity index (χ0v) is 73.6. The lowest BCUT2D eigenvalue weighted by Gasteiger charge is -2.36. The van der Waals surface area contributed by atoms with Gasteiger partial charge in [0, 0.05) is 49.8 Å². The van der Waals surface area contributed by atoms with Gasteiger partial charge in [-0.3, -0.25) is 0 Å². The molecular formula is C128H83N7. The molecule has 0 radical (unpaired) electrons. The van der Waals surface area contributed by atoms with Crippen molar-refractivity contribution >= 4 is 54.1 Å². The van der Waals surface area contributed by atoms with Gasteiger partial charge >= 0.3 is 0 Å². The first-order valence-corrected chi connectivity index (χ1v) is 46.1. The lowest BCUT2D eigenvalue weighted by atomic mass is 9.65. The molecule has 0 N–H and O–H groups in total. The maximum Gasteiger partial charge on any atom is 0.164 e. The average Bonchev–Trinajstić information content (AvgIpc) is 1.52. The van der Waals surface area contributed by atoms with E-state index in [1.165, 1.54) is 133 Å². The topological polar surface area (TPSA) is 82.3 Å². The molecule has 3 aromatic heterocycles. The number of aromatic nitrogens is 7. The van der Waals surface area contributed by atoms with Crippen LogP contribution in [0.25, 0.3) is 195 Å². The Labute approximate surface area is 782 Å². The molecule has 7 nitrogen and oxygen atoms in total. The van der Waals surface area contributed by atoms with E-state index < -0.39 is 10.8 Å². The molecule has 630 valence electrons. The fourth-order valence-corrected chi connectivity index (χ4v) is 21.4. The molecule has 0 unspecified atom stereocenters. The minimum Gasteiger partial charge on any atom is -0.309 e. The molecular weight excluding hydrogens is 1640 g/mol. The van der Waals surface area contributed by atoms with E-state index in [1.807, 2.05) is 42.5 Å². The molecule has 24 aromatic rings. The Morgan fingerprint density at radius 1 is 0.156 bits per heavy atom. The first kappa shape index (κ1) is 79.4. The van der Waals surface area contributed by atoms with Crippen molar-refractivity contribution < 1.29 is 0 Å². The Morgan fingerprint density at radius 2 is 0.481 bits per heavy atom. The third kappa shape index (κ3) is 13.6. The van der Waals surface area contributed by atoms with Crippen molar-refractivity contribution in [3.8, 4) is 141 Å². The molecule has 0 aliphatic heterocycles. The summed E-state index contributed by atoms with van der Waals surface area (Å²) in [4.78, 5) is 31.2. The number of rotatable bonds is 15. The second-order valence-corrected chi connectivity index (χ2v) is 35.0. The second-order valence-electron chi connectivity index (χ2n) is 35.0. The van der Waals surface area contributed by atoms with Crippen LogP contribution < -0.4 is 0 Å². The van der Waals surface area contributed by atoms with Crippen LogP contribution in [0.3, 0.4) is 0 Å². The molecule has 3 heterocycles. The molecule has 0 bridgehead atoms. The Hall–Kier alpha value is -17.8. The van der Waals surface area contributed by atoms with E-state index in [1.54, 1.807) is 0 Å². The van der Waals surface area contributed by atoms with Crippen LogP contribution in [0.1, 0.15) is 44.5 Å². The van der Waals surface area contributed by atoms with Crippen LogP contribution in [0.4, 0.5) is 0 Å². The molecule has 0 atom stereocenters. The van der Waals surface area contributed by atoms with Gasteiger partial charge in [0.25, 0.3) is 0 Å². The van der Waals surface area contributed by atoms with Gasteiger partial charge in [-0.2, -0.15) is 0 Å². The lowest BCUT2D eigenvalue weighted by molar-refractivity contribution is 0.775. The van der Waals surface area contributed by atoms with Gasteiger partial charge in [0.2, 0.25) is 0 Å². The number of nitrogens with zero attached hydrogens (tertiary/aromatic N) is 7. The average molecular weight is 1720 g/mol. The van der Waals surface area contributed by atoms with Gasteiger partial charge in [-0.15, -0.1) is 0 Å². The van der Waals surface area contributed by atoms with Crippen LogP contribution in [-0.2, 0) is 10.8 Å². The number of fused-ring (bicyclic) bond motifs is 14. The molecule has 0 saturated carbocycles.